The number of aliphatic hydroxyl groups is 1. The van der Waals surface area contributed by atoms with Crippen molar-refractivity contribution in [1.29, 1.82) is 0 Å². The highest BCUT2D eigenvalue weighted by molar-refractivity contribution is 9.10. The fraction of sp³-hybridized carbons (Fsp3) is 0.333. The number of nitrogens with two attached hydrogens (primary N) is 1. The second kappa shape index (κ2) is 2.83. The first-order valence-corrected chi connectivity index (χ1v) is 4.70. The summed E-state index contributed by atoms with van der Waals surface area (Å²) in [6, 6.07) is 5.75. The molecule has 1 aliphatic rings. The van der Waals surface area contributed by atoms with Crippen LogP contribution in [0.25, 0.3) is 0 Å². The van der Waals surface area contributed by atoms with Gasteiger partial charge in [0.2, 0.25) is 0 Å². The molecule has 0 bridgehead atoms. The number of hydrogen-bond acceptors (Lipinski definition) is 2. The summed E-state index contributed by atoms with van der Waals surface area (Å²) < 4.78 is 1.04. The van der Waals surface area contributed by atoms with Gasteiger partial charge in [-0.3, -0.25) is 0 Å². The Kier molecular flexibility index (Phi) is 1.94. The first-order valence-electron chi connectivity index (χ1n) is 3.90. The Morgan fingerprint density at radius 2 is 2.25 bits per heavy atom. The van der Waals surface area contributed by atoms with E-state index in [1.165, 1.54) is 0 Å². The lowest BCUT2D eigenvalue weighted by Crippen LogP contribution is -2.24. The van der Waals surface area contributed by atoms with E-state index in [9.17, 15) is 5.11 Å². The monoisotopic (exact) mass is 227 g/mol. The molecule has 1 aliphatic carbocycles. The van der Waals surface area contributed by atoms with Gasteiger partial charge in [-0.1, -0.05) is 22.0 Å². The number of halogens is 1. The summed E-state index contributed by atoms with van der Waals surface area (Å²) in [7, 11) is 0. The summed E-state index contributed by atoms with van der Waals surface area (Å²) in [6.07, 6.45) is 0.295. The molecule has 12 heavy (non-hydrogen) atoms. The highest BCUT2D eigenvalue weighted by Gasteiger charge is 2.27. The fourth-order valence-electron chi connectivity index (χ4n) is 1.64. The first kappa shape index (κ1) is 8.23. The number of rotatable bonds is 0. The van der Waals surface area contributed by atoms with Crippen LogP contribution in [0.2, 0.25) is 0 Å². The van der Waals surface area contributed by atoms with E-state index in [2.05, 4.69) is 15.9 Å². The van der Waals surface area contributed by atoms with Crippen molar-refractivity contribution in [2.24, 2.45) is 5.73 Å². The van der Waals surface area contributed by atoms with Crippen LogP contribution in [0.15, 0.2) is 22.7 Å². The molecule has 3 N–H and O–H groups in total. The van der Waals surface area contributed by atoms with Crippen LogP contribution in [0.3, 0.4) is 0 Å². The molecule has 2 nitrogen and oxygen atoms in total. The van der Waals surface area contributed by atoms with Crippen molar-refractivity contribution < 1.29 is 5.11 Å². The van der Waals surface area contributed by atoms with Gasteiger partial charge in [-0.2, -0.15) is 0 Å². The third-order valence-corrected chi connectivity index (χ3v) is 2.78. The van der Waals surface area contributed by atoms with Crippen LogP contribution >= 0.6 is 15.9 Å². The number of fused-ring (bicyclic) bond motifs is 1. The van der Waals surface area contributed by atoms with Crippen molar-refractivity contribution in [2.75, 3.05) is 0 Å². The lowest BCUT2D eigenvalue weighted by atomic mass is 10.1. The van der Waals surface area contributed by atoms with Gasteiger partial charge in [0.25, 0.3) is 0 Å². The largest absolute Gasteiger partial charge is 0.387 e. The van der Waals surface area contributed by atoms with E-state index in [4.69, 9.17) is 5.73 Å². The molecule has 2 rings (SSSR count). The van der Waals surface area contributed by atoms with E-state index < -0.39 is 6.10 Å². The first-order chi connectivity index (χ1) is 5.68. The number of benzene rings is 1. The zero-order chi connectivity index (χ0) is 8.72. The molecule has 0 amide bonds. The minimum atomic E-state index is -0.479. The minimum Gasteiger partial charge on any atom is -0.387 e. The van der Waals surface area contributed by atoms with E-state index in [1.54, 1.807) is 0 Å². The van der Waals surface area contributed by atoms with E-state index in [0.717, 1.165) is 22.0 Å². The van der Waals surface area contributed by atoms with Crippen molar-refractivity contribution in [3.63, 3.8) is 0 Å². The van der Waals surface area contributed by atoms with E-state index in [1.807, 2.05) is 18.2 Å². The lowest BCUT2D eigenvalue weighted by Gasteiger charge is -2.07. The molecular weight excluding hydrogens is 218 g/mol. The summed E-state index contributed by atoms with van der Waals surface area (Å²) >= 11 is 3.38. The quantitative estimate of drug-likeness (QED) is 0.704. The average Bonchev–Trinajstić information content (AvgIpc) is 2.28. The maximum atomic E-state index is 9.60. The number of hydrogen-bond donors (Lipinski definition) is 2. The second-order valence-electron chi connectivity index (χ2n) is 3.16. The molecule has 0 spiro atoms. The normalized spacial score (nSPS) is 27.2. The Hall–Kier alpha value is -0.380. The maximum Gasteiger partial charge on any atom is 0.0946 e. The highest BCUT2D eigenvalue weighted by atomic mass is 79.9. The van der Waals surface area contributed by atoms with E-state index in [0.29, 0.717) is 0 Å². The van der Waals surface area contributed by atoms with Gasteiger partial charge < -0.3 is 10.8 Å². The third kappa shape index (κ3) is 1.18. The molecule has 0 fully saturated rings. The van der Waals surface area contributed by atoms with Gasteiger partial charge in [-0.15, -0.1) is 0 Å². The van der Waals surface area contributed by atoms with Gasteiger partial charge in [-0.05, 0) is 29.7 Å². The SMILES string of the molecule is N[C@@H]1Cc2cc(Br)ccc2[C@H]1O. The van der Waals surface area contributed by atoms with Crippen LogP contribution < -0.4 is 5.73 Å². The molecule has 64 valence electrons. The Morgan fingerprint density at radius 3 is 3.00 bits per heavy atom. The van der Waals surface area contributed by atoms with Gasteiger partial charge in [0.05, 0.1) is 6.10 Å². The van der Waals surface area contributed by atoms with Crippen LogP contribution in [-0.2, 0) is 6.42 Å². The van der Waals surface area contributed by atoms with Crippen LogP contribution in [-0.4, -0.2) is 11.1 Å². The third-order valence-electron chi connectivity index (χ3n) is 2.28. The van der Waals surface area contributed by atoms with Crippen molar-refractivity contribution in [1.82, 2.24) is 0 Å². The Bertz CT molecular complexity index is 313. The van der Waals surface area contributed by atoms with Gasteiger partial charge >= 0.3 is 0 Å². The van der Waals surface area contributed by atoms with Crippen LogP contribution in [0.4, 0.5) is 0 Å². The molecule has 0 aliphatic heterocycles. The van der Waals surface area contributed by atoms with Gasteiger partial charge in [0, 0.05) is 10.5 Å². The predicted molar refractivity (Wildman–Crippen MR) is 50.8 cm³/mol. The maximum absolute atomic E-state index is 9.60. The van der Waals surface area contributed by atoms with Crippen molar-refractivity contribution in [3.05, 3.63) is 33.8 Å². The van der Waals surface area contributed by atoms with Crippen LogP contribution in [0.1, 0.15) is 17.2 Å². The zero-order valence-corrected chi connectivity index (χ0v) is 8.08. The second-order valence-corrected chi connectivity index (χ2v) is 4.07. The topological polar surface area (TPSA) is 46.2 Å². The molecule has 1 aromatic rings. The van der Waals surface area contributed by atoms with Gasteiger partial charge in [-0.25, -0.2) is 0 Å². The molecule has 0 aromatic heterocycles. The molecular formula is C9H10BrNO. The average molecular weight is 228 g/mol. The van der Waals surface area contributed by atoms with Crippen molar-refractivity contribution in [3.8, 4) is 0 Å². The molecule has 0 heterocycles. The molecule has 0 saturated carbocycles. The van der Waals surface area contributed by atoms with Gasteiger partial charge in [0.1, 0.15) is 0 Å². The Balaban J connectivity index is 2.47. The highest BCUT2D eigenvalue weighted by Crippen LogP contribution is 2.31. The zero-order valence-electron chi connectivity index (χ0n) is 6.50. The number of aliphatic hydroxyl groups excluding tert-OH is 1. The standard InChI is InChI=1S/C9H10BrNO/c10-6-1-2-7-5(3-6)4-8(11)9(7)12/h1-3,8-9,12H,4,11H2/t8-,9-/m1/s1. The van der Waals surface area contributed by atoms with Crippen LogP contribution in [0.5, 0.6) is 0 Å². The molecule has 0 radical (unpaired) electrons. The summed E-state index contributed by atoms with van der Waals surface area (Å²) in [6.45, 7) is 0. The molecule has 0 saturated heterocycles. The predicted octanol–water partition coefficient (Wildman–Crippen LogP) is 1.37. The summed E-state index contributed by atoms with van der Waals surface area (Å²) in [4.78, 5) is 0. The minimum absolute atomic E-state index is 0.130. The smallest absolute Gasteiger partial charge is 0.0946 e. The van der Waals surface area contributed by atoms with Gasteiger partial charge in [0.15, 0.2) is 0 Å². The molecule has 1 aromatic carbocycles. The Morgan fingerprint density at radius 1 is 1.50 bits per heavy atom. The van der Waals surface area contributed by atoms with Crippen LogP contribution in [0, 0.1) is 0 Å². The molecule has 0 unspecified atom stereocenters. The molecule has 3 heteroatoms. The Labute approximate surface area is 79.5 Å². The van der Waals surface area contributed by atoms with E-state index in [-0.39, 0.29) is 6.04 Å². The summed E-state index contributed by atoms with van der Waals surface area (Å²) in [5, 5.41) is 9.60. The summed E-state index contributed by atoms with van der Waals surface area (Å²) in [5.74, 6) is 0. The van der Waals surface area contributed by atoms with Crippen molar-refractivity contribution >= 4 is 15.9 Å². The summed E-state index contributed by atoms with van der Waals surface area (Å²) in [5.41, 5.74) is 7.85. The molecule has 2 atom stereocenters. The fourth-order valence-corrected chi connectivity index (χ4v) is 2.04. The lowest BCUT2D eigenvalue weighted by molar-refractivity contribution is 0.159. The van der Waals surface area contributed by atoms with E-state index >= 15 is 0 Å². The van der Waals surface area contributed by atoms with Crippen molar-refractivity contribution in [2.45, 2.75) is 18.6 Å².